The van der Waals surface area contributed by atoms with E-state index in [0.29, 0.717) is 103 Å². The molecule has 5 aliphatic rings. The van der Waals surface area contributed by atoms with Crippen molar-refractivity contribution in [2.75, 3.05) is 86.7 Å². The smallest absolute Gasteiger partial charge is 0.384 e. The Morgan fingerprint density at radius 1 is 0.802 bits per heavy atom. The molecule has 1 unspecified atom stereocenters. The highest BCUT2D eigenvalue weighted by molar-refractivity contribution is 7.99. The van der Waals surface area contributed by atoms with Crippen LogP contribution in [-0.2, 0) is 34.2 Å². The number of carbonyl (C=O) groups is 6. The predicted octanol–water partition coefficient (Wildman–Crippen LogP) is 9.02. The van der Waals surface area contributed by atoms with Gasteiger partial charge in [-0.1, -0.05) is 55.8 Å². The highest BCUT2D eigenvalue weighted by Gasteiger charge is 2.49. The molecular weight excluding hydrogens is 1250 g/mol. The summed E-state index contributed by atoms with van der Waals surface area (Å²) in [7, 11) is -11.2. The van der Waals surface area contributed by atoms with Gasteiger partial charge in [-0.25, -0.2) is 30.3 Å². The Hall–Kier alpha value is -7.20. The minimum Gasteiger partial charge on any atom is -0.384 e. The maximum absolute atomic E-state index is 14.5. The van der Waals surface area contributed by atoms with Crippen LogP contribution in [0.1, 0.15) is 116 Å². The van der Waals surface area contributed by atoms with Crippen molar-refractivity contribution < 1.29 is 67.6 Å². The fourth-order valence-electron chi connectivity index (χ4n) is 12.2. The van der Waals surface area contributed by atoms with Gasteiger partial charge in [0.2, 0.25) is 24.1 Å². The quantitative estimate of drug-likeness (QED) is 0.0170. The first kappa shape index (κ1) is 68.2. The van der Waals surface area contributed by atoms with Crippen molar-refractivity contribution in [2.45, 2.75) is 123 Å². The van der Waals surface area contributed by atoms with E-state index in [-0.39, 0.29) is 65.4 Å². The zero-order chi connectivity index (χ0) is 65.4. The normalized spacial score (nSPS) is 19.1. The van der Waals surface area contributed by atoms with Gasteiger partial charge < -0.3 is 25.8 Å². The predicted molar refractivity (Wildman–Crippen MR) is 336 cm³/mol. The first-order valence-corrected chi connectivity index (χ1v) is 34.4. The van der Waals surface area contributed by atoms with Crippen LogP contribution in [0.25, 0.3) is 0 Å². The maximum Gasteiger partial charge on any atom is 0.501 e. The van der Waals surface area contributed by atoms with Gasteiger partial charge in [-0.15, -0.1) is 11.8 Å². The molecule has 0 spiro atoms. The number of amides is 6. The Bertz CT molecular complexity index is 3650. The molecule has 1 aliphatic carbocycles. The van der Waals surface area contributed by atoms with Crippen LogP contribution in [0.15, 0.2) is 129 Å². The van der Waals surface area contributed by atoms with E-state index in [0.717, 1.165) is 58.0 Å². The standard InChI is InChI=1S/C64H76F5N9O10S3/c1-41(13-21-55(65)66)50-38-63(2,3)27-23-44(50)39-76-33-35-77(36-34-76)46-16-14-42(15-17-46)59(81)74-91(87,88)48-18-19-51(54(37-48)90(85,86)64(67,68)69)72-45(40-89-47-9-5-4-6-10-47)26-32-75-30-24-43(25-31-75)58(80)71-29-8-28-70-52-12-7-11-49-57(52)62(84)78(61(49)83)53-20-22-56(79)73-60(53)82/h4-7,9-12,14-19,37,43,45,53,55,70,72H,1,8,13,20-36,38-40H2,2-3H3,(H,71,80)(H,74,81)(H,73,79,82)/t45-,53?/m1/s1. The average molecular weight is 1320 g/mol. The molecule has 19 nitrogen and oxygen atoms in total. The van der Waals surface area contributed by atoms with Gasteiger partial charge in [0, 0.05) is 105 Å². The summed E-state index contributed by atoms with van der Waals surface area (Å²) in [4.78, 5) is 83.8. The van der Waals surface area contributed by atoms with Crippen molar-refractivity contribution in [2.24, 2.45) is 11.3 Å². The molecule has 6 amide bonds. The number of piperazine rings is 1. The Labute approximate surface area is 531 Å². The first-order valence-electron chi connectivity index (χ1n) is 30.5. The van der Waals surface area contributed by atoms with E-state index in [4.69, 9.17) is 0 Å². The minimum atomic E-state index is -6.19. The average Bonchev–Trinajstić information content (AvgIpc) is 1.73. The van der Waals surface area contributed by atoms with Crippen molar-refractivity contribution in [3.8, 4) is 0 Å². The second kappa shape index (κ2) is 29.2. The van der Waals surface area contributed by atoms with Crippen molar-refractivity contribution in [3.05, 3.63) is 131 Å². The monoisotopic (exact) mass is 1320 g/mol. The Balaban J connectivity index is 0.779. The SMILES string of the molecule is C=C(CCC(F)F)C1=C(CN2CCN(c3ccc(C(=O)NS(=O)(=O)c4ccc(N[C@H](CCN5CCC(C(=O)NCCCNc6cccc7c6C(=O)N(C6CCC(=O)NC6=O)C7=O)CC5)CSc5ccccc5)c(S(=O)(=O)C(F)(F)F)c4)cc3)CC2)CCC(C)(C)C1. The number of allylic oxidation sites excluding steroid dienone is 2. The molecule has 490 valence electrons. The van der Waals surface area contributed by atoms with E-state index in [1.807, 2.05) is 35.1 Å². The molecule has 4 aromatic rings. The summed E-state index contributed by atoms with van der Waals surface area (Å²) in [5, 5.41) is 11.3. The number of imide groups is 2. The number of likely N-dealkylation sites (tertiary alicyclic amines) is 1. The number of halogens is 5. The van der Waals surface area contributed by atoms with Crippen LogP contribution in [0, 0.1) is 11.3 Å². The molecule has 3 fully saturated rings. The fraction of sp³-hybridized carbons (Fsp3) is 0.469. The summed E-state index contributed by atoms with van der Waals surface area (Å²) in [5.74, 6) is -3.77. The lowest BCUT2D eigenvalue weighted by atomic mass is 9.72. The summed E-state index contributed by atoms with van der Waals surface area (Å²) in [6, 6.07) is 20.5. The van der Waals surface area contributed by atoms with Crippen molar-refractivity contribution >= 4 is 84.1 Å². The van der Waals surface area contributed by atoms with Gasteiger partial charge in [-0.05, 0) is 149 Å². The number of sulfone groups is 1. The van der Waals surface area contributed by atoms with Crippen LogP contribution in [0.4, 0.5) is 39.0 Å². The van der Waals surface area contributed by atoms with Gasteiger partial charge in [0.05, 0.1) is 21.7 Å². The number of rotatable bonds is 26. The van der Waals surface area contributed by atoms with E-state index in [1.54, 1.807) is 24.3 Å². The summed E-state index contributed by atoms with van der Waals surface area (Å²) in [6.45, 7) is 13.9. The highest BCUT2D eigenvalue weighted by Crippen LogP contribution is 2.43. The topological polar surface area (TPSA) is 244 Å². The van der Waals surface area contributed by atoms with Crippen LogP contribution >= 0.6 is 11.8 Å². The van der Waals surface area contributed by atoms with Crippen LogP contribution in [-0.4, -0.2) is 162 Å². The third-order valence-electron chi connectivity index (χ3n) is 17.4. The molecular formula is C64H76F5N9O10S3. The zero-order valence-electron chi connectivity index (χ0n) is 50.7. The summed E-state index contributed by atoms with van der Waals surface area (Å²) in [6.07, 6.45) is 2.01. The van der Waals surface area contributed by atoms with Gasteiger partial charge in [-0.2, -0.15) is 13.2 Å². The number of piperidine rings is 2. The van der Waals surface area contributed by atoms with Gasteiger partial charge in [0.15, 0.2) is 0 Å². The Morgan fingerprint density at radius 3 is 2.20 bits per heavy atom. The largest absolute Gasteiger partial charge is 0.501 e. The molecule has 0 aromatic heterocycles. The summed E-state index contributed by atoms with van der Waals surface area (Å²) in [5.41, 5.74) is -1.85. The van der Waals surface area contributed by atoms with Crippen LogP contribution < -0.4 is 30.9 Å². The molecule has 5 N–H and O–H groups in total. The second-order valence-electron chi connectivity index (χ2n) is 24.4. The molecule has 3 saturated heterocycles. The van der Waals surface area contributed by atoms with Crippen molar-refractivity contribution in [1.82, 2.24) is 30.1 Å². The second-order valence-corrected chi connectivity index (χ2v) is 29.1. The number of hydrogen-bond donors (Lipinski definition) is 5. The van der Waals surface area contributed by atoms with E-state index in [2.05, 4.69) is 56.4 Å². The van der Waals surface area contributed by atoms with Gasteiger partial charge in [-0.3, -0.25) is 43.9 Å². The summed E-state index contributed by atoms with van der Waals surface area (Å²) >= 11 is 1.38. The van der Waals surface area contributed by atoms with E-state index < -0.39 is 88.9 Å². The lowest BCUT2D eigenvalue weighted by molar-refractivity contribution is -0.136. The number of carbonyl (C=O) groups excluding carboxylic acids is 6. The van der Waals surface area contributed by atoms with E-state index in [1.165, 1.54) is 35.5 Å². The van der Waals surface area contributed by atoms with Crippen LogP contribution in [0.5, 0.6) is 0 Å². The third kappa shape index (κ3) is 16.9. The zero-order valence-corrected chi connectivity index (χ0v) is 53.2. The number of anilines is 3. The maximum atomic E-state index is 14.5. The summed E-state index contributed by atoms with van der Waals surface area (Å²) < 4.78 is 126. The fourth-order valence-corrected chi connectivity index (χ4v) is 15.2. The molecule has 4 aromatic carbocycles. The van der Waals surface area contributed by atoms with Gasteiger partial charge in [0.25, 0.3) is 37.6 Å². The van der Waals surface area contributed by atoms with E-state index >= 15 is 0 Å². The molecule has 0 bridgehead atoms. The van der Waals surface area contributed by atoms with Gasteiger partial charge >= 0.3 is 5.51 Å². The lowest BCUT2D eigenvalue weighted by Crippen LogP contribution is -2.54. The van der Waals surface area contributed by atoms with Crippen molar-refractivity contribution in [3.63, 3.8) is 0 Å². The third-order valence-corrected chi connectivity index (χ3v) is 21.4. The van der Waals surface area contributed by atoms with Crippen LogP contribution in [0.3, 0.4) is 0 Å². The molecule has 2 atom stereocenters. The molecule has 0 saturated carbocycles. The minimum absolute atomic E-state index is 0.00646. The van der Waals surface area contributed by atoms with Crippen molar-refractivity contribution in [1.29, 1.82) is 0 Å². The Morgan fingerprint density at radius 2 is 1.52 bits per heavy atom. The Kier molecular flexibility index (Phi) is 21.9. The molecule has 4 heterocycles. The number of hydrogen-bond acceptors (Lipinski definition) is 16. The molecule has 27 heteroatoms. The number of sulfonamides is 1. The lowest BCUT2D eigenvalue weighted by Gasteiger charge is -2.39. The first-order chi connectivity index (χ1) is 43.2. The number of nitrogens with one attached hydrogen (secondary N) is 5. The number of thioether (sulfide) groups is 1. The molecule has 4 aliphatic heterocycles. The molecule has 91 heavy (non-hydrogen) atoms. The number of benzene rings is 4. The highest BCUT2D eigenvalue weighted by atomic mass is 32.2. The molecule has 9 rings (SSSR count). The van der Waals surface area contributed by atoms with E-state index in [9.17, 15) is 67.6 Å². The number of fused-ring (bicyclic) bond motifs is 1. The number of alkyl halides is 5. The van der Waals surface area contributed by atoms with Crippen LogP contribution in [0.2, 0.25) is 0 Å². The number of nitrogens with zero attached hydrogens (tertiary/aromatic N) is 4. The van der Waals surface area contributed by atoms with Gasteiger partial charge in [0.1, 0.15) is 10.9 Å². The molecule has 0 radical (unpaired) electrons.